The zero-order chi connectivity index (χ0) is 37.4. The molecule has 16 heteroatoms. The summed E-state index contributed by atoms with van der Waals surface area (Å²) < 4.78 is 49.6. The summed E-state index contributed by atoms with van der Waals surface area (Å²) >= 11 is 0. The van der Waals surface area contributed by atoms with Crippen LogP contribution in [0.1, 0.15) is 85.5 Å². The third-order valence-corrected chi connectivity index (χ3v) is 11.3. The molecular formula is C36H49N5O10S. The van der Waals surface area contributed by atoms with Crippen LogP contribution in [-0.2, 0) is 33.6 Å². The maximum absolute atomic E-state index is 14.5. The van der Waals surface area contributed by atoms with Crippen LogP contribution in [0.15, 0.2) is 30.5 Å². The molecule has 1 aliphatic heterocycles. The van der Waals surface area contributed by atoms with E-state index in [0.29, 0.717) is 41.7 Å². The van der Waals surface area contributed by atoms with Crippen molar-refractivity contribution in [2.75, 3.05) is 13.7 Å². The Balaban J connectivity index is 1.26. The molecule has 3 aliphatic carbocycles. The quantitative estimate of drug-likeness (QED) is 0.272. The highest BCUT2D eigenvalue weighted by Gasteiger charge is 2.62. The number of amides is 4. The second-order valence-electron chi connectivity index (χ2n) is 15.4. The SMILES string of the molecule is CC[C@@H]1C[C@]1(NC(=O)C1CC(Oc2ccnc3cc(OC)ccc23)CN1C(=O)C(NC(=O)OC1CCCC1)C(C)(C)C)C(=O)NS(=O)(=O)OC1CC1. The number of ether oxygens (including phenoxy) is 3. The second-order valence-corrected chi connectivity index (χ2v) is 16.7. The van der Waals surface area contributed by atoms with Crippen LogP contribution in [0.3, 0.4) is 0 Å². The lowest BCUT2D eigenvalue weighted by molar-refractivity contribution is -0.143. The molecule has 4 aliphatic rings. The molecule has 3 saturated carbocycles. The van der Waals surface area contributed by atoms with E-state index in [9.17, 15) is 27.6 Å². The second kappa shape index (κ2) is 14.7. The lowest BCUT2D eigenvalue weighted by Crippen LogP contribution is -2.60. The number of hydrogen-bond acceptors (Lipinski definition) is 11. The number of hydrogen-bond donors (Lipinski definition) is 3. The highest BCUT2D eigenvalue weighted by molar-refractivity contribution is 7.85. The van der Waals surface area contributed by atoms with E-state index in [4.69, 9.17) is 18.4 Å². The van der Waals surface area contributed by atoms with E-state index < -0.39 is 69.4 Å². The van der Waals surface area contributed by atoms with Gasteiger partial charge >= 0.3 is 16.4 Å². The Labute approximate surface area is 304 Å². The van der Waals surface area contributed by atoms with E-state index >= 15 is 0 Å². The van der Waals surface area contributed by atoms with Crippen molar-refractivity contribution in [3.8, 4) is 11.5 Å². The first-order chi connectivity index (χ1) is 24.6. The summed E-state index contributed by atoms with van der Waals surface area (Å²) in [6.45, 7) is 7.25. The Morgan fingerprint density at radius 2 is 1.77 bits per heavy atom. The number of fused-ring (bicyclic) bond motifs is 1. The fourth-order valence-corrected chi connectivity index (χ4v) is 8.20. The van der Waals surface area contributed by atoms with Crippen LogP contribution in [0.25, 0.3) is 10.9 Å². The minimum absolute atomic E-state index is 0.0111. The van der Waals surface area contributed by atoms with E-state index in [1.54, 1.807) is 52.3 Å². The smallest absolute Gasteiger partial charge is 0.408 e. The fourth-order valence-electron chi connectivity index (χ4n) is 7.20. The lowest BCUT2D eigenvalue weighted by atomic mass is 9.85. The molecule has 0 bridgehead atoms. The molecule has 3 unspecified atom stereocenters. The molecule has 1 aromatic carbocycles. The van der Waals surface area contributed by atoms with Crippen molar-refractivity contribution in [3.05, 3.63) is 30.5 Å². The van der Waals surface area contributed by atoms with Crippen molar-refractivity contribution < 1.29 is 46.0 Å². The van der Waals surface area contributed by atoms with Crippen molar-refractivity contribution in [2.45, 2.75) is 121 Å². The lowest BCUT2D eigenvalue weighted by Gasteiger charge is -2.35. The van der Waals surface area contributed by atoms with Gasteiger partial charge in [0, 0.05) is 24.1 Å². The number of carbonyl (C=O) groups is 4. The van der Waals surface area contributed by atoms with Gasteiger partial charge in [0.1, 0.15) is 41.3 Å². The highest BCUT2D eigenvalue weighted by Crippen LogP contribution is 2.47. The Morgan fingerprint density at radius 3 is 2.40 bits per heavy atom. The summed E-state index contributed by atoms with van der Waals surface area (Å²) in [5.41, 5.74) is -1.66. The van der Waals surface area contributed by atoms with Crippen molar-refractivity contribution >= 4 is 45.0 Å². The predicted octanol–water partition coefficient (Wildman–Crippen LogP) is 3.50. The standard InChI is InChI=1S/C36H49N5O10S/c1-6-21-19-36(21,33(44)40-52(46,47)51-23-11-12-23)39-31(42)28-18-25(49-29-15-16-37-27-17-24(48-5)13-14-26(27)29)20-41(28)32(43)30(35(2,3)4)38-34(45)50-22-9-7-8-10-22/h13-17,21-23,25,28,30H,6-12,18-20H2,1-5H3,(H,38,45)(H,39,42)(H,40,44)/t21-,25?,28?,30?,36-/m1/s1. The van der Waals surface area contributed by atoms with Gasteiger partial charge in [0.2, 0.25) is 11.8 Å². The molecule has 0 radical (unpaired) electrons. The minimum atomic E-state index is -4.39. The molecule has 1 saturated heterocycles. The van der Waals surface area contributed by atoms with Crippen LogP contribution in [0.4, 0.5) is 4.79 Å². The molecule has 4 amide bonds. The topological polar surface area (TPSA) is 192 Å². The Kier molecular flexibility index (Phi) is 10.6. The molecule has 1 aromatic heterocycles. The molecular weight excluding hydrogens is 694 g/mol. The van der Waals surface area contributed by atoms with Crippen LogP contribution in [-0.4, -0.2) is 91.7 Å². The zero-order valence-corrected chi connectivity index (χ0v) is 31.1. The number of benzene rings is 1. The molecule has 2 aromatic rings. The zero-order valence-electron chi connectivity index (χ0n) is 30.3. The summed E-state index contributed by atoms with van der Waals surface area (Å²) in [6, 6.07) is 4.87. The number of nitrogens with one attached hydrogen (secondary N) is 3. The monoisotopic (exact) mass is 743 g/mol. The molecule has 6 rings (SSSR count). The van der Waals surface area contributed by atoms with Crippen LogP contribution in [0.2, 0.25) is 0 Å². The van der Waals surface area contributed by atoms with Gasteiger partial charge in [-0.25, -0.2) is 9.52 Å². The summed E-state index contributed by atoms with van der Waals surface area (Å²) in [5.74, 6) is -1.28. The van der Waals surface area contributed by atoms with Crippen molar-refractivity contribution in [3.63, 3.8) is 0 Å². The number of methoxy groups -OCH3 is 1. The first-order valence-corrected chi connectivity index (χ1v) is 19.5. The highest BCUT2D eigenvalue weighted by atomic mass is 32.2. The summed E-state index contributed by atoms with van der Waals surface area (Å²) in [6.07, 6.45) is 4.89. The van der Waals surface area contributed by atoms with Crippen LogP contribution in [0.5, 0.6) is 11.5 Å². The maximum Gasteiger partial charge on any atom is 0.408 e. The first-order valence-electron chi connectivity index (χ1n) is 18.1. The van der Waals surface area contributed by atoms with Gasteiger partial charge in [0.05, 0.1) is 25.3 Å². The largest absolute Gasteiger partial charge is 0.497 e. The van der Waals surface area contributed by atoms with E-state index in [2.05, 4.69) is 15.6 Å². The number of carbonyl (C=O) groups excluding carboxylic acids is 4. The van der Waals surface area contributed by atoms with Crippen molar-refractivity contribution in [1.82, 2.24) is 25.2 Å². The average Bonchev–Trinajstić information content (AvgIpc) is 3.92. The maximum atomic E-state index is 14.5. The third-order valence-electron chi connectivity index (χ3n) is 10.4. The van der Waals surface area contributed by atoms with Gasteiger partial charge in [0.25, 0.3) is 5.91 Å². The summed E-state index contributed by atoms with van der Waals surface area (Å²) in [7, 11) is -2.83. The van der Waals surface area contributed by atoms with E-state index in [0.717, 1.165) is 25.7 Å². The van der Waals surface area contributed by atoms with Crippen molar-refractivity contribution in [1.29, 1.82) is 0 Å². The van der Waals surface area contributed by atoms with Gasteiger partial charge < -0.3 is 29.7 Å². The van der Waals surface area contributed by atoms with Gasteiger partial charge in [-0.15, -0.1) is 0 Å². The number of alkyl carbamates (subject to hydrolysis) is 1. The summed E-state index contributed by atoms with van der Waals surface area (Å²) in [4.78, 5) is 61.1. The Morgan fingerprint density at radius 1 is 1.04 bits per heavy atom. The molecule has 5 atom stereocenters. The van der Waals surface area contributed by atoms with E-state index in [1.807, 2.05) is 17.7 Å². The van der Waals surface area contributed by atoms with Gasteiger partial charge in [-0.3, -0.25) is 23.6 Å². The normalized spacial score (nSPS) is 25.3. The van der Waals surface area contributed by atoms with Gasteiger partial charge in [-0.1, -0.05) is 34.1 Å². The first kappa shape index (κ1) is 37.6. The average molecular weight is 744 g/mol. The van der Waals surface area contributed by atoms with Crippen LogP contribution in [0, 0.1) is 11.3 Å². The minimum Gasteiger partial charge on any atom is -0.497 e. The van der Waals surface area contributed by atoms with Gasteiger partial charge in [-0.2, -0.15) is 8.42 Å². The molecule has 52 heavy (non-hydrogen) atoms. The number of nitrogens with zero attached hydrogens (tertiary/aromatic N) is 2. The third kappa shape index (κ3) is 8.38. The number of rotatable bonds is 13. The van der Waals surface area contributed by atoms with Crippen LogP contribution >= 0.6 is 0 Å². The van der Waals surface area contributed by atoms with E-state index in [-0.39, 0.29) is 31.4 Å². The number of pyridine rings is 1. The molecule has 284 valence electrons. The van der Waals surface area contributed by atoms with Crippen molar-refractivity contribution in [2.24, 2.45) is 11.3 Å². The molecule has 3 N–H and O–H groups in total. The predicted molar refractivity (Wildman–Crippen MR) is 188 cm³/mol. The molecule has 4 fully saturated rings. The van der Waals surface area contributed by atoms with E-state index in [1.165, 1.54) is 4.90 Å². The molecule has 2 heterocycles. The number of aromatic nitrogens is 1. The summed E-state index contributed by atoms with van der Waals surface area (Å²) in [5, 5.41) is 6.30. The Hall–Kier alpha value is -4.18. The van der Waals surface area contributed by atoms with Gasteiger partial charge in [-0.05, 0) is 74.5 Å². The van der Waals surface area contributed by atoms with Gasteiger partial charge in [0.15, 0.2) is 0 Å². The van der Waals surface area contributed by atoms with Crippen LogP contribution < -0.4 is 24.8 Å². The Bertz CT molecular complexity index is 1810. The molecule has 0 spiro atoms. The fraction of sp³-hybridized carbons (Fsp3) is 0.639. The number of likely N-dealkylation sites (tertiary alicyclic amines) is 1. The molecule has 15 nitrogen and oxygen atoms in total.